The zero-order valence-electron chi connectivity index (χ0n) is 31.8. The molecule has 2 unspecified atom stereocenters. The highest BCUT2D eigenvalue weighted by Crippen LogP contribution is 2.24. The van der Waals surface area contributed by atoms with Crippen molar-refractivity contribution < 1.29 is 60.3 Å². The van der Waals surface area contributed by atoms with Gasteiger partial charge in [0.15, 0.2) is 0 Å². The molecule has 3 fully saturated rings. The number of rotatable bonds is 12. The van der Waals surface area contributed by atoms with E-state index in [0.29, 0.717) is 48.7 Å². The third kappa shape index (κ3) is 13.4. The summed E-state index contributed by atoms with van der Waals surface area (Å²) in [5.41, 5.74) is 2.07. The van der Waals surface area contributed by atoms with Crippen molar-refractivity contribution in [2.45, 2.75) is 19.1 Å². The van der Waals surface area contributed by atoms with Crippen LogP contribution in [0.1, 0.15) is 18.1 Å². The van der Waals surface area contributed by atoms with Gasteiger partial charge in [-0.3, -0.25) is 50.0 Å². The first kappa shape index (κ1) is 43.9. The maximum atomic E-state index is 12.4. The van der Waals surface area contributed by atoms with Gasteiger partial charge in [-0.05, 0) is 55.5 Å². The maximum absolute atomic E-state index is 12.4. The van der Waals surface area contributed by atoms with Gasteiger partial charge < -0.3 is 23.7 Å². The average molecular weight is 819 g/mol. The minimum atomic E-state index is -3.62. The van der Waals surface area contributed by atoms with Crippen LogP contribution in [0, 0.1) is 10.8 Å². The highest BCUT2D eigenvalue weighted by molar-refractivity contribution is 7.85. The van der Waals surface area contributed by atoms with Crippen LogP contribution in [-0.4, -0.2) is 158 Å². The summed E-state index contributed by atoms with van der Waals surface area (Å²) in [6, 6.07) is 12.9. The van der Waals surface area contributed by atoms with Crippen molar-refractivity contribution in [3.8, 4) is 0 Å². The molecule has 2 aromatic rings. The lowest BCUT2D eigenvalue weighted by Crippen LogP contribution is -2.50. The van der Waals surface area contributed by atoms with Crippen LogP contribution in [0.4, 0.5) is 30.6 Å². The molecule has 5 rings (SSSR count). The number of methoxy groups -OCH3 is 2. The first-order valence-corrected chi connectivity index (χ1v) is 19.4. The minimum Gasteiger partial charge on any atom is -0.465 e. The molecule has 0 aromatic heterocycles. The van der Waals surface area contributed by atoms with Gasteiger partial charge in [-0.25, -0.2) is 19.2 Å². The molecule has 57 heavy (non-hydrogen) atoms. The highest BCUT2D eigenvalue weighted by Gasteiger charge is 2.35. The second-order valence-electron chi connectivity index (χ2n) is 12.7. The van der Waals surface area contributed by atoms with E-state index < -0.39 is 40.6 Å². The summed E-state index contributed by atoms with van der Waals surface area (Å²) in [6.45, 7) is 6.51. The number of cyclic esters (lactones) is 2. The van der Waals surface area contributed by atoms with E-state index in [4.69, 9.17) is 25.0 Å². The largest absolute Gasteiger partial charge is 0.465 e. The number of nitrogens with zero attached hydrogens (tertiary/aromatic N) is 4. The van der Waals surface area contributed by atoms with Crippen LogP contribution in [-0.2, 0) is 42.8 Å². The number of alkyl carbamates (subject to hydrolysis) is 2. The summed E-state index contributed by atoms with van der Waals surface area (Å²) < 4.78 is 51.1. The normalized spacial score (nSPS) is 18.4. The predicted molar refractivity (Wildman–Crippen MR) is 203 cm³/mol. The molecule has 3 saturated heterocycles. The van der Waals surface area contributed by atoms with Crippen molar-refractivity contribution in [1.29, 1.82) is 10.8 Å². The molecule has 0 saturated carbocycles. The summed E-state index contributed by atoms with van der Waals surface area (Å²) in [5, 5.41) is 20.1. The summed E-state index contributed by atoms with van der Waals surface area (Å²) >= 11 is 0. The summed E-state index contributed by atoms with van der Waals surface area (Å²) in [7, 11) is -1.20. The Labute approximate surface area is 329 Å². The number of anilines is 2. The summed E-state index contributed by atoms with van der Waals surface area (Å²) in [4.78, 5) is 65.4. The number of ether oxygens (including phenoxy) is 5. The third-order valence-electron chi connectivity index (χ3n) is 8.56. The first-order chi connectivity index (χ1) is 27.1. The Kier molecular flexibility index (Phi) is 15.7. The standard InChI is InChI=1S/C21H29N5O6.C14H17N3O7S/c1-3-31-18(27)14-25-10-8-24(9-11-25)12-17-13-26(21(29)32-17)16-6-4-15(5-7-16)19(22)23-20(28)30-2;1-22-13(18)16-12(15)9-3-5-10(6-4-9)17-7-11(24-14(17)19)8-23-25(2,20)21/h4-7,17H,3,8-14H2,1-2H3,(H2,22,23,28);3-6,11H,7-8H2,1-2H3,(H2,15,16,18). The molecule has 21 nitrogen and oxygen atoms in total. The van der Waals surface area contributed by atoms with E-state index in [0.717, 1.165) is 32.4 Å². The zero-order valence-corrected chi connectivity index (χ0v) is 32.7. The van der Waals surface area contributed by atoms with Crippen molar-refractivity contribution in [2.75, 3.05) is 95.8 Å². The average Bonchev–Trinajstić information content (AvgIpc) is 3.75. The fourth-order valence-corrected chi connectivity index (χ4v) is 6.12. The van der Waals surface area contributed by atoms with Gasteiger partial charge in [0, 0.05) is 55.2 Å². The number of hydrogen-bond acceptors (Lipinski definition) is 17. The molecule has 0 bridgehead atoms. The van der Waals surface area contributed by atoms with Crippen molar-refractivity contribution in [3.63, 3.8) is 0 Å². The van der Waals surface area contributed by atoms with E-state index in [9.17, 15) is 32.4 Å². The third-order valence-corrected chi connectivity index (χ3v) is 9.13. The summed E-state index contributed by atoms with van der Waals surface area (Å²) in [6.07, 6.45) is -2.56. The van der Waals surface area contributed by atoms with Crippen molar-refractivity contribution in [2.24, 2.45) is 0 Å². The van der Waals surface area contributed by atoms with Crippen LogP contribution in [0.25, 0.3) is 0 Å². The monoisotopic (exact) mass is 818 g/mol. The molecule has 3 heterocycles. The van der Waals surface area contributed by atoms with Gasteiger partial charge in [0.05, 0.1) is 46.7 Å². The van der Waals surface area contributed by atoms with E-state index in [-0.39, 0.29) is 36.9 Å². The van der Waals surface area contributed by atoms with Gasteiger partial charge in [-0.2, -0.15) is 8.42 Å². The Hall–Kier alpha value is -5.84. The van der Waals surface area contributed by atoms with E-state index in [1.165, 1.54) is 19.1 Å². The molecule has 3 aliphatic heterocycles. The highest BCUT2D eigenvalue weighted by atomic mass is 32.2. The van der Waals surface area contributed by atoms with Crippen molar-refractivity contribution in [3.05, 3.63) is 59.7 Å². The lowest BCUT2D eigenvalue weighted by molar-refractivity contribution is -0.144. The van der Waals surface area contributed by atoms with Crippen molar-refractivity contribution >= 4 is 63.5 Å². The summed E-state index contributed by atoms with van der Waals surface area (Å²) in [5.74, 6) is -0.447. The van der Waals surface area contributed by atoms with Crippen LogP contribution in [0.15, 0.2) is 48.5 Å². The number of amides is 4. The Balaban J connectivity index is 0.000000261. The number of amidine groups is 2. The van der Waals surface area contributed by atoms with Gasteiger partial charge in [0.25, 0.3) is 10.1 Å². The molecule has 4 amide bonds. The smallest absolute Gasteiger partial charge is 0.414 e. The van der Waals surface area contributed by atoms with Crippen molar-refractivity contribution in [1.82, 2.24) is 20.4 Å². The second kappa shape index (κ2) is 20.4. The van der Waals surface area contributed by atoms with Crippen LogP contribution < -0.4 is 20.4 Å². The van der Waals surface area contributed by atoms with E-state index in [1.54, 1.807) is 60.4 Å². The predicted octanol–water partition coefficient (Wildman–Crippen LogP) is 1.54. The molecular formula is C35H46N8O13S. The molecule has 310 valence electrons. The lowest BCUT2D eigenvalue weighted by Gasteiger charge is -2.34. The van der Waals surface area contributed by atoms with Gasteiger partial charge in [-0.15, -0.1) is 0 Å². The van der Waals surface area contributed by atoms with Crippen LogP contribution >= 0.6 is 0 Å². The Morgan fingerprint density at radius 2 is 1.19 bits per heavy atom. The molecule has 2 atom stereocenters. The van der Waals surface area contributed by atoms with E-state index in [2.05, 4.69) is 34.1 Å². The van der Waals surface area contributed by atoms with E-state index >= 15 is 0 Å². The SMILES string of the molecule is CCOC(=O)CN1CCN(CC2CN(c3ccc(C(=N)NC(=O)OC)cc3)C(=O)O2)CC1.COC(=O)NC(=N)c1ccc(N2CC(COS(C)(=O)=O)OC2=O)cc1. The van der Waals surface area contributed by atoms with Crippen LogP contribution in [0.2, 0.25) is 0 Å². The molecule has 0 aliphatic carbocycles. The second-order valence-corrected chi connectivity index (χ2v) is 14.3. The van der Waals surface area contributed by atoms with E-state index in [1.807, 2.05) is 0 Å². The Morgan fingerprint density at radius 1 is 0.754 bits per heavy atom. The first-order valence-electron chi connectivity index (χ1n) is 17.6. The molecule has 4 N–H and O–H groups in total. The zero-order chi connectivity index (χ0) is 41.7. The maximum Gasteiger partial charge on any atom is 0.414 e. The van der Waals surface area contributed by atoms with Crippen LogP contribution in [0.3, 0.4) is 0 Å². The number of benzene rings is 2. The molecule has 0 spiro atoms. The molecule has 22 heteroatoms. The number of piperazine rings is 1. The van der Waals surface area contributed by atoms with Crippen LogP contribution in [0.5, 0.6) is 0 Å². The lowest BCUT2D eigenvalue weighted by atomic mass is 10.1. The number of esters is 1. The number of carbonyl (C=O) groups excluding carboxylic acids is 5. The Bertz CT molecular complexity index is 1890. The fraction of sp³-hybridized carbons (Fsp3) is 0.457. The molecule has 3 aliphatic rings. The Morgan fingerprint density at radius 3 is 1.63 bits per heavy atom. The molecular weight excluding hydrogens is 772 g/mol. The van der Waals surface area contributed by atoms with Gasteiger partial charge in [0.2, 0.25) is 0 Å². The van der Waals surface area contributed by atoms with Gasteiger partial charge in [0.1, 0.15) is 30.5 Å². The number of nitrogens with one attached hydrogen (secondary N) is 4. The molecule has 2 aromatic carbocycles. The number of hydrogen-bond donors (Lipinski definition) is 4. The molecule has 0 radical (unpaired) electrons. The topological polar surface area (TPSA) is 260 Å². The van der Waals surface area contributed by atoms with Gasteiger partial charge >= 0.3 is 30.3 Å². The quantitative estimate of drug-likeness (QED) is 0.0779. The fourth-order valence-electron chi connectivity index (χ4n) is 5.72. The number of carbonyl (C=O) groups is 5. The van der Waals surface area contributed by atoms with Gasteiger partial charge in [-0.1, -0.05) is 0 Å². The minimum absolute atomic E-state index is 0.0904.